The van der Waals surface area contributed by atoms with Crippen LogP contribution in [0.2, 0.25) is 5.02 Å². The molecule has 0 saturated carbocycles. The zero-order valence-corrected chi connectivity index (χ0v) is 12.7. The highest BCUT2D eigenvalue weighted by atomic mass is 79.9. The van der Waals surface area contributed by atoms with Crippen LogP contribution in [0.15, 0.2) is 16.7 Å². The Bertz CT molecular complexity index is 406. The van der Waals surface area contributed by atoms with Gasteiger partial charge in [0.05, 0.1) is 5.02 Å². The van der Waals surface area contributed by atoms with E-state index in [1.165, 1.54) is 19.3 Å². The Hall–Kier alpha value is -0.280. The predicted molar refractivity (Wildman–Crippen MR) is 76.8 cm³/mol. The van der Waals surface area contributed by atoms with Crippen LogP contribution in [0.1, 0.15) is 33.1 Å². The van der Waals surface area contributed by atoms with Crippen LogP contribution in [0, 0.1) is 5.41 Å². The molecule has 1 aromatic heterocycles. The van der Waals surface area contributed by atoms with Crippen molar-refractivity contribution in [2.75, 3.05) is 18.0 Å². The molecule has 0 aromatic carbocycles. The first-order valence-electron chi connectivity index (χ1n) is 6.04. The van der Waals surface area contributed by atoms with Crippen molar-refractivity contribution in [2.24, 2.45) is 5.41 Å². The van der Waals surface area contributed by atoms with E-state index in [1.807, 2.05) is 12.3 Å². The maximum atomic E-state index is 6.25. The molecule has 4 heteroatoms. The molecule has 1 aromatic rings. The van der Waals surface area contributed by atoms with Crippen LogP contribution in [0.25, 0.3) is 0 Å². The topological polar surface area (TPSA) is 16.1 Å². The van der Waals surface area contributed by atoms with E-state index in [9.17, 15) is 0 Å². The third kappa shape index (κ3) is 3.35. The second-order valence-corrected chi connectivity index (χ2v) is 6.79. The lowest BCUT2D eigenvalue weighted by Gasteiger charge is -2.24. The Labute approximate surface area is 116 Å². The Morgan fingerprint density at radius 2 is 2.12 bits per heavy atom. The molecule has 0 N–H and O–H groups in total. The largest absolute Gasteiger partial charge is 0.355 e. The van der Waals surface area contributed by atoms with Gasteiger partial charge in [0.15, 0.2) is 0 Å². The lowest BCUT2D eigenvalue weighted by atomic mass is 9.85. The maximum absolute atomic E-state index is 6.25. The second kappa shape index (κ2) is 5.15. The fourth-order valence-electron chi connectivity index (χ4n) is 2.27. The fraction of sp³-hybridized carbons (Fsp3) is 0.615. The number of anilines is 1. The lowest BCUT2D eigenvalue weighted by molar-refractivity contribution is 0.325. The summed E-state index contributed by atoms with van der Waals surface area (Å²) in [6, 6.07) is 1.92. The Morgan fingerprint density at radius 1 is 1.35 bits per heavy atom. The number of pyridine rings is 1. The van der Waals surface area contributed by atoms with Crippen molar-refractivity contribution >= 4 is 33.3 Å². The second-order valence-electron chi connectivity index (χ2n) is 5.46. The lowest BCUT2D eigenvalue weighted by Crippen LogP contribution is -2.26. The Kier molecular flexibility index (Phi) is 3.99. The highest BCUT2D eigenvalue weighted by Gasteiger charge is 2.24. The predicted octanol–water partition coefficient (Wildman–Crippen LogP) is 4.51. The molecular weight excluding hydrogens is 300 g/mol. The van der Waals surface area contributed by atoms with Crippen LogP contribution in [0.3, 0.4) is 0 Å². The van der Waals surface area contributed by atoms with E-state index >= 15 is 0 Å². The van der Waals surface area contributed by atoms with Crippen LogP contribution < -0.4 is 4.90 Å². The summed E-state index contributed by atoms with van der Waals surface area (Å²) >= 11 is 9.64. The van der Waals surface area contributed by atoms with Gasteiger partial charge in [0.25, 0.3) is 0 Å². The van der Waals surface area contributed by atoms with Crippen molar-refractivity contribution in [3.05, 3.63) is 21.8 Å². The summed E-state index contributed by atoms with van der Waals surface area (Å²) in [5.74, 6) is 0.924. The van der Waals surface area contributed by atoms with Crippen LogP contribution in [-0.2, 0) is 0 Å². The summed E-state index contributed by atoms with van der Waals surface area (Å²) in [5, 5.41) is 0.735. The van der Waals surface area contributed by atoms with E-state index in [1.54, 1.807) is 0 Å². The van der Waals surface area contributed by atoms with Crippen molar-refractivity contribution in [1.29, 1.82) is 0 Å². The number of halogens is 2. The zero-order valence-electron chi connectivity index (χ0n) is 10.3. The van der Waals surface area contributed by atoms with Gasteiger partial charge in [-0.2, -0.15) is 0 Å². The molecule has 1 saturated heterocycles. The molecule has 0 radical (unpaired) electrons. The van der Waals surface area contributed by atoms with Gasteiger partial charge in [-0.1, -0.05) is 25.4 Å². The molecular formula is C13H18BrClN2. The zero-order chi connectivity index (χ0) is 12.5. The SMILES string of the molecule is CC1(C)CCCN(c2ncc(Br)cc2Cl)CC1. The van der Waals surface area contributed by atoms with Gasteiger partial charge >= 0.3 is 0 Å². The van der Waals surface area contributed by atoms with E-state index in [4.69, 9.17) is 11.6 Å². The van der Waals surface area contributed by atoms with Crippen molar-refractivity contribution < 1.29 is 0 Å². The Balaban J connectivity index is 2.17. The fourth-order valence-corrected chi connectivity index (χ4v) is 3.02. The van der Waals surface area contributed by atoms with Crippen molar-refractivity contribution in [3.8, 4) is 0 Å². The van der Waals surface area contributed by atoms with E-state index in [-0.39, 0.29) is 0 Å². The van der Waals surface area contributed by atoms with Gasteiger partial charge < -0.3 is 4.90 Å². The summed E-state index contributed by atoms with van der Waals surface area (Å²) < 4.78 is 0.932. The molecule has 0 amide bonds. The molecule has 2 rings (SSSR count). The monoisotopic (exact) mass is 316 g/mol. The van der Waals surface area contributed by atoms with Crippen LogP contribution in [0.4, 0.5) is 5.82 Å². The molecule has 1 fully saturated rings. The number of aromatic nitrogens is 1. The van der Waals surface area contributed by atoms with Crippen molar-refractivity contribution in [3.63, 3.8) is 0 Å². The molecule has 0 unspecified atom stereocenters. The third-order valence-corrected chi connectivity index (χ3v) is 4.14. The van der Waals surface area contributed by atoms with Gasteiger partial charge in [-0.05, 0) is 46.7 Å². The molecule has 94 valence electrons. The molecule has 0 atom stereocenters. The van der Waals surface area contributed by atoms with Gasteiger partial charge in [-0.3, -0.25) is 0 Å². The van der Waals surface area contributed by atoms with Crippen LogP contribution in [0.5, 0.6) is 0 Å². The maximum Gasteiger partial charge on any atom is 0.147 e. The van der Waals surface area contributed by atoms with Crippen molar-refractivity contribution in [2.45, 2.75) is 33.1 Å². The van der Waals surface area contributed by atoms with Gasteiger partial charge in [0, 0.05) is 23.8 Å². The third-order valence-electron chi connectivity index (χ3n) is 3.43. The van der Waals surface area contributed by atoms with E-state index in [0.29, 0.717) is 5.41 Å². The smallest absolute Gasteiger partial charge is 0.147 e. The summed E-state index contributed by atoms with van der Waals surface area (Å²) in [6.45, 7) is 6.78. The number of hydrogen-bond donors (Lipinski definition) is 0. The standard InChI is InChI=1S/C13H18BrClN2/c1-13(2)4-3-6-17(7-5-13)12-11(15)8-10(14)9-16-12/h8-9H,3-7H2,1-2H3. The van der Waals surface area contributed by atoms with E-state index in [2.05, 4.69) is 39.7 Å². The summed E-state index contributed by atoms with van der Waals surface area (Å²) in [5.41, 5.74) is 0.441. The van der Waals surface area contributed by atoms with Crippen molar-refractivity contribution in [1.82, 2.24) is 4.98 Å². The first-order chi connectivity index (χ1) is 7.98. The highest BCUT2D eigenvalue weighted by molar-refractivity contribution is 9.10. The highest BCUT2D eigenvalue weighted by Crippen LogP contribution is 2.33. The number of nitrogens with zero attached hydrogens (tertiary/aromatic N) is 2. The molecule has 1 aliphatic rings. The first kappa shape index (κ1) is 13.2. The molecule has 1 aliphatic heterocycles. The molecule has 2 heterocycles. The molecule has 0 aliphatic carbocycles. The van der Waals surface area contributed by atoms with Gasteiger partial charge in [0.2, 0.25) is 0 Å². The molecule has 17 heavy (non-hydrogen) atoms. The molecule has 2 nitrogen and oxygen atoms in total. The molecule has 0 spiro atoms. The van der Waals surface area contributed by atoms with Crippen LogP contribution >= 0.6 is 27.5 Å². The minimum atomic E-state index is 0.441. The average molecular weight is 318 g/mol. The van der Waals surface area contributed by atoms with E-state index < -0.39 is 0 Å². The van der Waals surface area contributed by atoms with Gasteiger partial charge in [0.1, 0.15) is 5.82 Å². The molecule has 0 bridgehead atoms. The van der Waals surface area contributed by atoms with Gasteiger partial charge in [-0.15, -0.1) is 0 Å². The summed E-state index contributed by atoms with van der Waals surface area (Å²) in [7, 11) is 0. The summed E-state index contributed by atoms with van der Waals surface area (Å²) in [6.07, 6.45) is 5.50. The minimum absolute atomic E-state index is 0.441. The Morgan fingerprint density at radius 3 is 2.82 bits per heavy atom. The van der Waals surface area contributed by atoms with E-state index in [0.717, 1.165) is 28.4 Å². The normalized spacial score (nSPS) is 20.1. The minimum Gasteiger partial charge on any atom is -0.355 e. The average Bonchev–Trinajstić information content (AvgIpc) is 2.40. The first-order valence-corrected chi connectivity index (χ1v) is 7.21. The number of hydrogen-bond acceptors (Lipinski definition) is 2. The quantitative estimate of drug-likeness (QED) is 0.757. The summed E-state index contributed by atoms with van der Waals surface area (Å²) in [4.78, 5) is 6.75. The van der Waals surface area contributed by atoms with Crippen LogP contribution in [-0.4, -0.2) is 18.1 Å². The number of rotatable bonds is 1. The van der Waals surface area contributed by atoms with Gasteiger partial charge in [-0.25, -0.2) is 4.98 Å².